The van der Waals surface area contributed by atoms with Gasteiger partial charge in [0.15, 0.2) is 0 Å². The van der Waals surface area contributed by atoms with Crippen LogP contribution in [0.3, 0.4) is 0 Å². The normalized spacial score (nSPS) is 3.36. The van der Waals surface area contributed by atoms with E-state index in [0.717, 1.165) is 0 Å². The number of carboxylic acid groups (broad SMARTS) is 1. The van der Waals surface area contributed by atoms with Crippen LogP contribution in [0.15, 0.2) is 0 Å². The van der Waals surface area contributed by atoms with Crippen LogP contribution >= 0.6 is 0 Å². The van der Waals surface area contributed by atoms with Gasteiger partial charge in [0, 0.05) is 5.97 Å². The van der Waals surface area contributed by atoms with Crippen molar-refractivity contribution in [2.45, 2.75) is 13.3 Å². The first-order valence-corrected chi connectivity index (χ1v) is 1.47. The number of rotatable bonds is 1. The molecule has 0 bridgehead atoms. The molecule has 0 aliphatic rings. The van der Waals surface area contributed by atoms with E-state index in [9.17, 15) is 9.90 Å². The number of hydrogen-bond donors (Lipinski definition) is 0. The molecule has 0 rings (SSSR count). The molecule has 70 valence electrons. The molecule has 0 saturated carbocycles. The fourth-order valence-corrected chi connectivity index (χ4v) is 0. The third-order valence-electron chi connectivity index (χ3n) is 0.289. The van der Waals surface area contributed by atoms with Crippen LogP contribution in [-0.4, -0.2) is 5.97 Å². The second-order valence-corrected chi connectivity index (χ2v) is 0.726. The van der Waals surface area contributed by atoms with Gasteiger partial charge in [-0.3, -0.25) is 0 Å². The summed E-state index contributed by atoms with van der Waals surface area (Å²) in [7, 11) is 0. The molecule has 11 heavy (non-hydrogen) atoms. The van der Waals surface area contributed by atoms with Gasteiger partial charge in [0.1, 0.15) is 0 Å². The van der Waals surface area contributed by atoms with Crippen LogP contribution in [0.2, 0.25) is 0 Å². The van der Waals surface area contributed by atoms with Gasteiger partial charge in [0.2, 0.25) is 0 Å². The zero-order chi connectivity index (χ0) is 4.28. The SMILES string of the molecule is CCC(=O)[O-].[Cl-].[Cl-].[Cl-].[Cl-].[Cl-].[Cr+6]. The number of aliphatic carboxylic acids is 1. The molecule has 2 nitrogen and oxygen atoms in total. The molecule has 0 aromatic rings. The van der Waals surface area contributed by atoms with Crippen molar-refractivity contribution in [2.24, 2.45) is 0 Å². The van der Waals surface area contributed by atoms with Crippen molar-refractivity contribution in [1.29, 1.82) is 0 Å². The van der Waals surface area contributed by atoms with Gasteiger partial charge in [0.25, 0.3) is 0 Å². The van der Waals surface area contributed by atoms with Gasteiger partial charge in [-0.25, -0.2) is 0 Å². The summed E-state index contributed by atoms with van der Waals surface area (Å²) in [6.45, 7) is 1.54. The van der Waals surface area contributed by atoms with Crippen molar-refractivity contribution < 1.29 is 89.3 Å². The largest absolute Gasteiger partial charge is 6.00 e. The number of carbonyl (C=O) groups is 1. The standard InChI is InChI=1S/C3H6O2.5ClH.Cr/c1-2-3(4)5;;;;;;/h2H2,1H3,(H,4,5);5*1H;/q;;;;;;+6/p-6. The molecule has 0 aromatic carbocycles. The molecule has 8 heteroatoms. The Balaban J connectivity index is -0.00000000533. The van der Waals surface area contributed by atoms with Gasteiger partial charge >= 0.3 is 17.4 Å². The minimum absolute atomic E-state index is 0. The van der Waals surface area contributed by atoms with Gasteiger partial charge in [-0.2, -0.15) is 0 Å². The van der Waals surface area contributed by atoms with Gasteiger partial charge < -0.3 is 71.9 Å². The van der Waals surface area contributed by atoms with E-state index in [1.165, 1.54) is 6.92 Å². The number of halogens is 5. The maximum atomic E-state index is 9.26. The summed E-state index contributed by atoms with van der Waals surface area (Å²) in [6, 6.07) is 0. The molecule has 0 N–H and O–H groups in total. The third-order valence-corrected chi connectivity index (χ3v) is 0.289. The quantitative estimate of drug-likeness (QED) is 0.483. The summed E-state index contributed by atoms with van der Waals surface area (Å²) in [5, 5.41) is 9.26. The molecule has 0 amide bonds. The minimum atomic E-state index is -0.995. The minimum Gasteiger partial charge on any atom is -1.00 e. The zero-order valence-electron chi connectivity index (χ0n) is 5.32. The molecule has 0 aromatic heterocycles. The summed E-state index contributed by atoms with van der Waals surface area (Å²) < 4.78 is 0. The molecule has 0 fully saturated rings. The molecule has 0 heterocycles. The Morgan fingerprint density at radius 1 is 1.09 bits per heavy atom. The van der Waals surface area contributed by atoms with Crippen LogP contribution in [-0.2, 0) is 22.2 Å². The maximum Gasteiger partial charge on any atom is 6.00 e. The van der Waals surface area contributed by atoms with Crippen molar-refractivity contribution in [3.8, 4) is 0 Å². The Hall–Kier alpha value is 1.45. The number of carbonyl (C=O) groups excluding carboxylic acids is 1. The fraction of sp³-hybridized carbons (Fsp3) is 0.667. The van der Waals surface area contributed by atoms with Gasteiger partial charge in [0.05, 0.1) is 0 Å². The summed E-state index contributed by atoms with van der Waals surface area (Å²) in [5.41, 5.74) is 0. The van der Waals surface area contributed by atoms with Gasteiger partial charge in [-0.1, -0.05) is 6.92 Å². The molecular weight excluding hydrogens is 297 g/mol. The molecule has 0 saturated heterocycles. The van der Waals surface area contributed by atoms with Crippen LogP contribution in [0, 0.1) is 0 Å². The Labute approximate surface area is 108 Å². The third kappa shape index (κ3) is 85.8. The monoisotopic (exact) mass is 300 g/mol. The number of hydrogen-bond acceptors (Lipinski definition) is 2. The van der Waals surface area contributed by atoms with E-state index < -0.39 is 5.97 Å². The predicted octanol–water partition coefficient (Wildman–Crippen LogP) is -15.8. The fourth-order valence-electron chi connectivity index (χ4n) is 0. The molecule has 0 aliphatic carbocycles. The molecule has 0 unspecified atom stereocenters. The van der Waals surface area contributed by atoms with Crippen LogP contribution in [0.5, 0.6) is 0 Å². The Morgan fingerprint density at radius 3 is 1.18 bits per heavy atom. The first-order chi connectivity index (χ1) is 2.27. The van der Waals surface area contributed by atoms with Crippen molar-refractivity contribution in [3.63, 3.8) is 0 Å². The van der Waals surface area contributed by atoms with Crippen molar-refractivity contribution >= 4 is 5.97 Å². The van der Waals surface area contributed by atoms with E-state index in [4.69, 9.17) is 0 Å². The van der Waals surface area contributed by atoms with E-state index in [2.05, 4.69) is 0 Å². The topological polar surface area (TPSA) is 40.1 Å². The second kappa shape index (κ2) is 42.1. The smallest absolute Gasteiger partial charge is 1.00 e. The Morgan fingerprint density at radius 2 is 1.18 bits per heavy atom. The molecule has 0 radical (unpaired) electrons. The van der Waals surface area contributed by atoms with Crippen LogP contribution in [0.25, 0.3) is 0 Å². The zero-order valence-corrected chi connectivity index (χ0v) is 10.4. The van der Waals surface area contributed by atoms with Crippen molar-refractivity contribution in [1.82, 2.24) is 0 Å². The van der Waals surface area contributed by atoms with E-state index in [1.807, 2.05) is 0 Å². The predicted molar refractivity (Wildman–Crippen MR) is 15.3 cm³/mol. The van der Waals surface area contributed by atoms with Crippen molar-refractivity contribution in [3.05, 3.63) is 0 Å². The second-order valence-electron chi connectivity index (χ2n) is 0.726. The molecule has 0 aliphatic heterocycles. The first kappa shape index (κ1) is 54.9. The maximum absolute atomic E-state index is 9.26. The molecular formula is C3H5Cl5CrO2. The van der Waals surface area contributed by atoms with Crippen molar-refractivity contribution in [2.75, 3.05) is 0 Å². The number of carboxylic acids is 1. The van der Waals surface area contributed by atoms with E-state index >= 15 is 0 Å². The molecule has 0 atom stereocenters. The summed E-state index contributed by atoms with van der Waals surface area (Å²) in [6.07, 6.45) is 0.111. The van der Waals surface area contributed by atoms with Crippen LogP contribution < -0.4 is 67.1 Å². The average Bonchev–Trinajstić information content (AvgIpc) is 1.38. The van der Waals surface area contributed by atoms with Crippen LogP contribution in [0.4, 0.5) is 0 Å². The van der Waals surface area contributed by atoms with E-state index in [0.29, 0.717) is 0 Å². The van der Waals surface area contributed by atoms with Gasteiger partial charge in [-0.15, -0.1) is 0 Å². The Bertz CT molecular complexity index is 55.0. The summed E-state index contributed by atoms with van der Waals surface area (Å²) in [5.74, 6) is -0.995. The van der Waals surface area contributed by atoms with E-state index in [1.54, 1.807) is 0 Å². The van der Waals surface area contributed by atoms with Crippen LogP contribution in [0.1, 0.15) is 13.3 Å². The molecule has 0 spiro atoms. The van der Waals surface area contributed by atoms with Gasteiger partial charge in [-0.05, 0) is 6.42 Å². The summed E-state index contributed by atoms with van der Waals surface area (Å²) in [4.78, 5) is 9.26. The first-order valence-electron chi connectivity index (χ1n) is 1.47. The average molecular weight is 302 g/mol. The Kier molecular flexibility index (Phi) is 210. The summed E-state index contributed by atoms with van der Waals surface area (Å²) >= 11 is 0. The van der Waals surface area contributed by atoms with E-state index in [-0.39, 0.29) is 85.8 Å².